The monoisotopic (exact) mass is 198 g/mol. The van der Waals surface area contributed by atoms with Crippen molar-refractivity contribution in [2.24, 2.45) is 0 Å². The molecule has 0 spiro atoms. The molecule has 0 aromatic carbocycles. The highest BCUT2D eigenvalue weighted by atomic mass is 32.1. The Bertz CT molecular complexity index is 229. The van der Waals surface area contributed by atoms with Gasteiger partial charge < -0.3 is 10.6 Å². The summed E-state index contributed by atoms with van der Waals surface area (Å²) in [7, 11) is 0. The van der Waals surface area contributed by atoms with Crippen LogP contribution in [0, 0.1) is 0 Å². The molecule has 13 heavy (non-hydrogen) atoms. The maximum atomic E-state index is 5.27. The highest BCUT2D eigenvalue weighted by molar-refractivity contribution is 7.80. The van der Waals surface area contributed by atoms with Crippen LogP contribution >= 0.6 is 12.2 Å². The fourth-order valence-corrected chi connectivity index (χ4v) is 2.22. The molecule has 0 saturated heterocycles. The molecule has 0 aliphatic heterocycles. The van der Waals surface area contributed by atoms with Crippen molar-refractivity contribution in [3.05, 3.63) is 0 Å². The first kappa shape index (κ1) is 9.25. The predicted octanol–water partition coefficient (Wildman–Crippen LogP) is 1.95. The summed E-state index contributed by atoms with van der Waals surface area (Å²) >= 11 is 5.27. The van der Waals surface area contributed by atoms with Crippen LogP contribution in [0.15, 0.2) is 0 Å². The van der Waals surface area contributed by atoms with E-state index in [1.54, 1.807) is 0 Å². The fourth-order valence-electron chi connectivity index (χ4n) is 1.72. The molecule has 0 atom stereocenters. The second-order valence-electron chi connectivity index (χ2n) is 5.05. The lowest BCUT2D eigenvalue weighted by Crippen LogP contribution is -2.55. The highest BCUT2D eigenvalue weighted by Gasteiger charge is 2.39. The van der Waals surface area contributed by atoms with Crippen LogP contribution in [0.3, 0.4) is 0 Å². The van der Waals surface area contributed by atoms with Crippen LogP contribution in [0.25, 0.3) is 0 Å². The van der Waals surface area contributed by atoms with Gasteiger partial charge in [0.15, 0.2) is 5.11 Å². The Kier molecular flexibility index (Phi) is 2.02. The molecule has 0 aromatic rings. The Labute approximate surface area is 85.5 Å². The van der Waals surface area contributed by atoms with Crippen LogP contribution < -0.4 is 10.6 Å². The van der Waals surface area contributed by atoms with Crippen LogP contribution in [-0.4, -0.2) is 16.2 Å². The van der Waals surface area contributed by atoms with Crippen LogP contribution in [-0.2, 0) is 0 Å². The first-order valence-electron chi connectivity index (χ1n) is 5.12. The smallest absolute Gasteiger partial charge is 0.167 e. The Morgan fingerprint density at radius 2 is 1.46 bits per heavy atom. The Morgan fingerprint density at radius 3 is 1.77 bits per heavy atom. The lowest BCUT2D eigenvalue weighted by atomic mass is 9.79. The van der Waals surface area contributed by atoms with Crippen molar-refractivity contribution in [1.29, 1.82) is 0 Å². The van der Waals surface area contributed by atoms with Gasteiger partial charge in [0.05, 0.1) is 0 Å². The van der Waals surface area contributed by atoms with Gasteiger partial charge in [-0.15, -0.1) is 0 Å². The second-order valence-corrected chi connectivity index (χ2v) is 5.46. The maximum Gasteiger partial charge on any atom is 0.167 e. The van der Waals surface area contributed by atoms with Crippen molar-refractivity contribution in [2.75, 3.05) is 0 Å². The molecule has 2 nitrogen and oxygen atoms in total. The molecule has 0 bridgehead atoms. The van der Waals surface area contributed by atoms with Crippen LogP contribution in [0.1, 0.15) is 46.0 Å². The van der Waals surface area contributed by atoms with Crippen molar-refractivity contribution in [2.45, 2.75) is 57.0 Å². The predicted molar refractivity (Wildman–Crippen MR) is 58.8 cm³/mol. The van der Waals surface area contributed by atoms with Gasteiger partial charge in [-0.05, 0) is 58.2 Å². The summed E-state index contributed by atoms with van der Waals surface area (Å²) in [6.45, 7) is 4.48. The van der Waals surface area contributed by atoms with E-state index < -0.39 is 0 Å². The Hall–Kier alpha value is -0.310. The van der Waals surface area contributed by atoms with E-state index in [9.17, 15) is 0 Å². The van der Waals surface area contributed by atoms with Crippen LogP contribution in [0.4, 0.5) is 0 Å². The molecule has 0 aromatic heterocycles. The molecule has 2 saturated carbocycles. The summed E-state index contributed by atoms with van der Waals surface area (Å²) in [6, 6.07) is 0. The van der Waals surface area contributed by atoms with E-state index in [0.717, 1.165) is 5.11 Å². The maximum absolute atomic E-state index is 5.27. The van der Waals surface area contributed by atoms with Gasteiger partial charge in [0.2, 0.25) is 0 Å². The summed E-state index contributed by atoms with van der Waals surface area (Å²) in [5.41, 5.74) is 0.597. The van der Waals surface area contributed by atoms with E-state index in [1.807, 2.05) is 0 Å². The molecule has 3 heteroatoms. The van der Waals surface area contributed by atoms with Crippen molar-refractivity contribution in [3.8, 4) is 0 Å². The topological polar surface area (TPSA) is 24.1 Å². The van der Waals surface area contributed by atoms with E-state index in [4.69, 9.17) is 12.2 Å². The third-order valence-corrected chi connectivity index (χ3v) is 3.49. The Balaban J connectivity index is 1.78. The summed E-state index contributed by atoms with van der Waals surface area (Å²) < 4.78 is 0. The average Bonchev–Trinajstić information content (AvgIpc) is 2.64. The van der Waals surface area contributed by atoms with Gasteiger partial charge in [-0.1, -0.05) is 0 Å². The quantitative estimate of drug-likeness (QED) is 0.663. The first-order chi connectivity index (χ1) is 6.02. The zero-order valence-electron chi connectivity index (χ0n) is 8.44. The number of nitrogens with one attached hydrogen (secondary N) is 2. The van der Waals surface area contributed by atoms with Gasteiger partial charge in [-0.2, -0.15) is 0 Å². The third kappa shape index (κ3) is 2.13. The van der Waals surface area contributed by atoms with Gasteiger partial charge in [-0.25, -0.2) is 0 Å². The molecule has 2 N–H and O–H groups in total. The molecular formula is C10H18N2S. The van der Waals surface area contributed by atoms with Crippen LogP contribution in [0.2, 0.25) is 0 Å². The highest BCUT2D eigenvalue weighted by Crippen LogP contribution is 2.35. The van der Waals surface area contributed by atoms with Crippen molar-refractivity contribution < 1.29 is 0 Å². The number of hydrogen-bond donors (Lipinski definition) is 2. The third-order valence-electron chi connectivity index (χ3n) is 3.29. The van der Waals surface area contributed by atoms with Crippen molar-refractivity contribution in [1.82, 2.24) is 10.6 Å². The first-order valence-corrected chi connectivity index (χ1v) is 5.53. The fraction of sp³-hybridized carbons (Fsp3) is 0.900. The molecule has 74 valence electrons. The summed E-state index contributed by atoms with van der Waals surface area (Å²) in [6.07, 6.45) is 6.36. The molecule has 0 unspecified atom stereocenters. The van der Waals surface area contributed by atoms with Crippen LogP contribution in [0.5, 0.6) is 0 Å². The lowest BCUT2D eigenvalue weighted by molar-refractivity contribution is 0.242. The molecule has 0 heterocycles. The van der Waals surface area contributed by atoms with E-state index in [2.05, 4.69) is 24.5 Å². The zero-order chi connectivity index (χ0) is 9.53. The van der Waals surface area contributed by atoms with E-state index in [-0.39, 0.29) is 5.54 Å². The number of thiocarbonyl (C=S) groups is 1. The van der Waals surface area contributed by atoms with E-state index in [1.165, 1.54) is 32.1 Å². The van der Waals surface area contributed by atoms with Crippen molar-refractivity contribution in [3.63, 3.8) is 0 Å². The summed E-state index contributed by atoms with van der Waals surface area (Å²) in [5, 5.41) is 7.63. The van der Waals surface area contributed by atoms with Gasteiger partial charge in [0.25, 0.3) is 0 Å². The summed E-state index contributed by atoms with van der Waals surface area (Å²) in [4.78, 5) is 0. The molecule has 0 amide bonds. The molecule has 2 fully saturated rings. The molecule has 2 aliphatic carbocycles. The largest absolute Gasteiger partial charge is 0.358 e. The van der Waals surface area contributed by atoms with E-state index in [0.29, 0.717) is 5.54 Å². The normalized spacial score (nSPS) is 27.2. The minimum absolute atomic E-state index is 0.287. The molecular weight excluding hydrogens is 180 g/mol. The zero-order valence-corrected chi connectivity index (χ0v) is 9.26. The number of hydrogen-bond acceptors (Lipinski definition) is 1. The molecule has 0 radical (unpaired) electrons. The van der Waals surface area contributed by atoms with Crippen molar-refractivity contribution >= 4 is 17.3 Å². The van der Waals surface area contributed by atoms with Gasteiger partial charge >= 0.3 is 0 Å². The minimum Gasteiger partial charge on any atom is -0.358 e. The Morgan fingerprint density at radius 1 is 1.00 bits per heavy atom. The van der Waals surface area contributed by atoms with Gasteiger partial charge in [0.1, 0.15) is 0 Å². The minimum atomic E-state index is 0.287. The van der Waals surface area contributed by atoms with Gasteiger partial charge in [0, 0.05) is 11.1 Å². The summed E-state index contributed by atoms with van der Waals surface area (Å²) in [5.74, 6) is 0. The SMILES string of the molecule is CC1(NC(=S)NC2(C)CC2)CCC1. The standard InChI is InChI=1S/C10H18N2S/c1-9(4-3-5-9)11-8(13)12-10(2)6-7-10/h3-7H2,1-2H3,(H2,11,12,13). The van der Waals surface area contributed by atoms with E-state index >= 15 is 0 Å². The lowest BCUT2D eigenvalue weighted by Gasteiger charge is -2.40. The molecule has 2 aliphatic rings. The average molecular weight is 198 g/mol. The van der Waals surface area contributed by atoms with Gasteiger partial charge in [-0.3, -0.25) is 0 Å². The number of rotatable bonds is 2. The molecule has 2 rings (SSSR count). The second kappa shape index (κ2) is 2.84.